The Labute approximate surface area is 203 Å². The fraction of sp³-hybridized carbons (Fsp3) is 0.478. The molecule has 1 fully saturated rings. The second-order valence-electron chi connectivity index (χ2n) is 7.69. The molecular weight excluding hydrogens is 460 g/mol. The van der Waals surface area contributed by atoms with Crippen LogP contribution in [0.4, 0.5) is 5.82 Å². The van der Waals surface area contributed by atoms with Crippen molar-refractivity contribution in [3.8, 4) is 0 Å². The molecule has 1 N–H and O–H groups in total. The molecule has 2 aromatic heterocycles. The number of hydrogen-bond acceptors (Lipinski definition) is 8. The van der Waals surface area contributed by atoms with Gasteiger partial charge < -0.3 is 14.8 Å². The maximum Gasteiger partial charge on any atom is 0.267 e. The second-order valence-corrected chi connectivity index (χ2v) is 9.37. The molecule has 10 heteroatoms. The van der Waals surface area contributed by atoms with Gasteiger partial charge >= 0.3 is 0 Å². The van der Waals surface area contributed by atoms with Gasteiger partial charge in [-0.3, -0.25) is 18.9 Å². The van der Waals surface area contributed by atoms with Crippen LogP contribution in [0.3, 0.4) is 0 Å². The number of carbonyl (C=O) groups is 1. The first kappa shape index (κ1) is 25.4. The van der Waals surface area contributed by atoms with Gasteiger partial charge in [-0.05, 0) is 51.8 Å². The average Bonchev–Trinajstić information content (AvgIpc) is 3.05. The predicted molar refractivity (Wildman–Crippen MR) is 137 cm³/mol. The highest BCUT2D eigenvalue weighted by molar-refractivity contribution is 8.26. The van der Waals surface area contributed by atoms with E-state index in [1.165, 1.54) is 16.2 Å². The molecule has 2 aromatic rings. The Hall–Kier alpha value is -2.27. The van der Waals surface area contributed by atoms with E-state index in [0.29, 0.717) is 65.6 Å². The second kappa shape index (κ2) is 12.3. The molecule has 178 valence electrons. The van der Waals surface area contributed by atoms with Crippen molar-refractivity contribution in [1.29, 1.82) is 0 Å². The van der Waals surface area contributed by atoms with E-state index in [-0.39, 0.29) is 17.6 Å². The van der Waals surface area contributed by atoms with Crippen LogP contribution in [0.2, 0.25) is 0 Å². The highest BCUT2D eigenvalue weighted by atomic mass is 32.2. The smallest absolute Gasteiger partial charge is 0.267 e. The molecule has 0 spiro atoms. The molecule has 0 atom stereocenters. The number of ether oxygens (including phenoxy) is 2. The minimum Gasteiger partial charge on any atom is -0.382 e. The molecular formula is C23H30N4O4S2. The highest BCUT2D eigenvalue weighted by Gasteiger charge is 2.32. The fourth-order valence-corrected chi connectivity index (χ4v) is 4.55. The molecule has 0 unspecified atom stereocenters. The van der Waals surface area contributed by atoms with Crippen molar-refractivity contribution in [2.24, 2.45) is 0 Å². The Morgan fingerprint density at radius 3 is 2.82 bits per heavy atom. The van der Waals surface area contributed by atoms with Gasteiger partial charge in [0, 0.05) is 39.1 Å². The van der Waals surface area contributed by atoms with E-state index < -0.39 is 0 Å². The molecule has 0 saturated carbocycles. The quantitative estimate of drug-likeness (QED) is 0.275. The number of thioether (sulfide) groups is 1. The van der Waals surface area contributed by atoms with Crippen molar-refractivity contribution in [2.45, 2.75) is 39.7 Å². The van der Waals surface area contributed by atoms with Crippen LogP contribution in [0, 0.1) is 0 Å². The van der Waals surface area contributed by atoms with Crippen molar-refractivity contribution >= 4 is 51.7 Å². The third-order valence-corrected chi connectivity index (χ3v) is 6.24. The number of anilines is 1. The van der Waals surface area contributed by atoms with E-state index in [4.69, 9.17) is 21.7 Å². The summed E-state index contributed by atoms with van der Waals surface area (Å²) in [5, 5.41) is 3.25. The minimum atomic E-state index is -0.247. The summed E-state index contributed by atoms with van der Waals surface area (Å²) in [6, 6.07) is 5.37. The average molecular weight is 491 g/mol. The summed E-state index contributed by atoms with van der Waals surface area (Å²) in [5.41, 5.74) is 0.616. The van der Waals surface area contributed by atoms with Crippen molar-refractivity contribution < 1.29 is 14.3 Å². The third-order valence-electron chi connectivity index (χ3n) is 4.86. The van der Waals surface area contributed by atoms with Crippen molar-refractivity contribution in [3.63, 3.8) is 0 Å². The van der Waals surface area contributed by atoms with Crippen LogP contribution in [0.15, 0.2) is 34.1 Å². The van der Waals surface area contributed by atoms with Crippen molar-refractivity contribution in [3.05, 3.63) is 45.2 Å². The normalized spacial score (nSPS) is 15.4. The Morgan fingerprint density at radius 1 is 1.24 bits per heavy atom. The molecule has 33 heavy (non-hydrogen) atoms. The van der Waals surface area contributed by atoms with Gasteiger partial charge in [-0.1, -0.05) is 30.0 Å². The number of pyridine rings is 1. The molecule has 0 aliphatic carbocycles. The van der Waals surface area contributed by atoms with E-state index in [0.717, 1.165) is 6.42 Å². The van der Waals surface area contributed by atoms with E-state index in [1.807, 2.05) is 26.8 Å². The van der Waals surface area contributed by atoms with Crippen LogP contribution in [0.25, 0.3) is 11.7 Å². The largest absolute Gasteiger partial charge is 0.382 e. The zero-order valence-corrected chi connectivity index (χ0v) is 20.8. The zero-order chi connectivity index (χ0) is 23.8. The number of hydrogen-bond donors (Lipinski definition) is 1. The van der Waals surface area contributed by atoms with Crippen LogP contribution < -0.4 is 10.9 Å². The summed E-state index contributed by atoms with van der Waals surface area (Å²) in [6.45, 7) is 8.79. The minimum absolute atomic E-state index is 0.166. The molecule has 1 aliphatic heterocycles. The lowest BCUT2D eigenvalue weighted by Crippen LogP contribution is -2.29. The molecule has 3 rings (SSSR count). The fourth-order valence-electron chi connectivity index (χ4n) is 3.26. The zero-order valence-electron chi connectivity index (χ0n) is 19.2. The maximum atomic E-state index is 13.3. The van der Waals surface area contributed by atoms with Crippen molar-refractivity contribution in [1.82, 2.24) is 14.3 Å². The lowest BCUT2D eigenvalue weighted by molar-refractivity contribution is -0.122. The van der Waals surface area contributed by atoms with Gasteiger partial charge in [0.2, 0.25) is 0 Å². The molecule has 8 nitrogen and oxygen atoms in total. The number of carbonyl (C=O) groups excluding carboxylic acids is 1. The molecule has 0 bridgehead atoms. The standard InChI is InChI=1S/C23H30N4O4S2/c1-4-30-13-8-12-27-22(29)18(33-23(27)32)15-17-20(24-10-7-14-31-16(2)3)25-19-9-5-6-11-26(19)21(17)28/h5-6,9,11,15-16,24H,4,7-8,10,12-14H2,1-3H3. The van der Waals surface area contributed by atoms with Gasteiger partial charge in [0.1, 0.15) is 15.8 Å². The first-order valence-corrected chi connectivity index (χ1v) is 12.3. The molecule has 1 amide bonds. The molecule has 3 heterocycles. The Bertz CT molecular complexity index is 1080. The first-order chi connectivity index (χ1) is 15.9. The number of rotatable bonds is 12. The van der Waals surface area contributed by atoms with Gasteiger partial charge in [0.15, 0.2) is 0 Å². The lowest BCUT2D eigenvalue weighted by Gasteiger charge is -2.14. The monoisotopic (exact) mass is 490 g/mol. The van der Waals surface area contributed by atoms with Crippen LogP contribution in [0.1, 0.15) is 39.2 Å². The number of thiocarbonyl (C=S) groups is 1. The Morgan fingerprint density at radius 2 is 2.06 bits per heavy atom. The first-order valence-electron chi connectivity index (χ1n) is 11.1. The summed E-state index contributed by atoms with van der Waals surface area (Å²) in [4.78, 5) is 32.8. The van der Waals surface area contributed by atoms with E-state index >= 15 is 0 Å². The van der Waals surface area contributed by atoms with Gasteiger partial charge in [-0.25, -0.2) is 4.98 Å². The summed E-state index contributed by atoms with van der Waals surface area (Å²) < 4.78 is 12.9. The van der Waals surface area contributed by atoms with E-state index in [1.54, 1.807) is 29.3 Å². The van der Waals surface area contributed by atoms with Crippen LogP contribution >= 0.6 is 24.0 Å². The number of amides is 1. The van der Waals surface area contributed by atoms with Crippen LogP contribution in [-0.2, 0) is 14.3 Å². The number of nitrogens with one attached hydrogen (secondary N) is 1. The Kier molecular flexibility index (Phi) is 9.42. The Balaban J connectivity index is 1.85. The van der Waals surface area contributed by atoms with Gasteiger partial charge in [0.05, 0.1) is 16.6 Å². The highest BCUT2D eigenvalue weighted by Crippen LogP contribution is 2.33. The summed E-state index contributed by atoms with van der Waals surface area (Å²) in [5.74, 6) is 0.243. The van der Waals surface area contributed by atoms with E-state index in [2.05, 4.69) is 10.3 Å². The number of nitrogens with zero attached hydrogens (tertiary/aromatic N) is 3. The molecule has 1 aliphatic rings. The van der Waals surface area contributed by atoms with Gasteiger partial charge in [-0.2, -0.15) is 0 Å². The summed E-state index contributed by atoms with van der Waals surface area (Å²) in [7, 11) is 0. The van der Waals surface area contributed by atoms with Crippen LogP contribution in [-0.4, -0.2) is 63.5 Å². The topological polar surface area (TPSA) is 85.2 Å². The molecule has 0 aromatic carbocycles. The summed E-state index contributed by atoms with van der Waals surface area (Å²) in [6.07, 6.45) is 4.89. The predicted octanol–water partition coefficient (Wildman–Crippen LogP) is 3.55. The van der Waals surface area contributed by atoms with Crippen LogP contribution in [0.5, 0.6) is 0 Å². The lowest BCUT2D eigenvalue weighted by atomic mass is 10.2. The number of fused-ring (bicyclic) bond motifs is 1. The summed E-state index contributed by atoms with van der Waals surface area (Å²) >= 11 is 6.61. The molecule has 1 saturated heterocycles. The van der Waals surface area contributed by atoms with E-state index in [9.17, 15) is 9.59 Å². The third kappa shape index (κ3) is 6.63. The number of aromatic nitrogens is 2. The maximum absolute atomic E-state index is 13.3. The molecule has 0 radical (unpaired) electrons. The van der Waals surface area contributed by atoms with Gasteiger partial charge in [-0.15, -0.1) is 0 Å². The van der Waals surface area contributed by atoms with Crippen molar-refractivity contribution in [2.75, 3.05) is 38.2 Å². The van der Waals surface area contributed by atoms with Gasteiger partial charge in [0.25, 0.3) is 11.5 Å². The SMILES string of the molecule is CCOCCCN1C(=O)C(=Cc2c(NCCCOC(C)C)nc3ccccn3c2=O)SC1=S.